The Balaban J connectivity index is 1.46. The summed E-state index contributed by atoms with van der Waals surface area (Å²) in [6, 6.07) is 10.6. The molecule has 0 atom stereocenters. The minimum Gasteiger partial charge on any atom is -0.378 e. The van der Waals surface area contributed by atoms with E-state index in [4.69, 9.17) is 9.72 Å². The Labute approximate surface area is 158 Å². The van der Waals surface area contributed by atoms with E-state index in [9.17, 15) is 0 Å². The van der Waals surface area contributed by atoms with Crippen molar-refractivity contribution in [3.63, 3.8) is 0 Å². The summed E-state index contributed by atoms with van der Waals surface area (Å²) in [5, 5.41) is 3.49. The molecule has 1 saturated heterocycles. The predicted octanol–water partition coefficient (Wildman–Crippen LogP) is 3.35. The van der Waals surface area contributed by atoms with Gasteiger partial charge in [0.2, 0.25) is 0 Å². The molecule has 6 heteroatoms. The van der Waals surface area contributed by atoms with Gasteiger partial charge in [0.25, 0.3) is 0 Å². The van der Waals surface area contributed by atoms with Gasteiger partial charge in [-0.3, -0.25) is 4.98 Å². The maximum Gasteiger partial charge on any atom is 0.154 e. The van der Waals surface area contributed by atoms with Crippen LogP contribution in [0.2, 0.25) is 0 Å². The zero-order valence-electron chi connectivity index (χ0n) is 15.3. The summed E-state index contributed by atoms with van der Waals surface area (Å²) in [6.07, 6.45) is 6.07. The van der Waals surface area contributed by atoms with Crippen LogP contribution in [0.5, 0.6) is 0 Å². The summed E-state index contributed by atoms with van der Waals surface area (Å²) in [6.45, 7) is 4.43. The second kappa shape index (κ2) is 7.12. The van der Waals surface area contributed by atoms with E-state index in [1.54, 1.807) is 12.4 Å². The normalized spacial score (nSPS) is 17.3. The molecule has 138 valence electrons. The first-order chi connectivity index (χ1) is 13.4. The van der Waals surface area contributed by atoms with E-state index in [1.165, 1.54) is 18.5 Å². The number of benzene rings is 1. The van der Waals surface area contributed by atoms with Gasteiger partial charge in [-0.1, -0.05) is 12.1 Å². The Bertz CT molecular complexity index is 933. The molecule has 27 heavy (non-hydrogen) atoms. The van der Waals surface area contributed by atoms with Gasteiger partial charge in [0.1, 0.15) is 5.52 Å². The smallest absolute Gasteiger partial charge is 0.154 e. The Hall–Kier alpha value is -2.73. The van der Waals surface area contributed by atoms with Gasteiger partial charge >= 0.3 is 0 Å². The first-order valence-electron chi connectivity index (χ1n) is 9.65. The molecule has 0 radical (unpaired) electrons. The van der Waals surface area contributed by atoms with Gasteiger partial charge in [0.15, 0.2) is 5.82 Å². The largest absolute Gasteiger partial charge is 0.378 e. The summed E-state index contributed by atoms with van der Waals surface area (Å²) >= 11 is 0. The number of anilines is 2. The lowest BCUT2D eigenvalue weighted by atomic mass is 10.1. The predicted molar refractivity (Wildman–Crippen MR) is 107 cm³/mol. The average Bonchev–Trinajstić information content (AvgIpc) is 3.57. The van der Waals surface area contributed by atoms with Gasteiger partial charge in [-0.05, 0) is 37.0 Å². The van der Waals surface area contributed by atoms with Crippen molar-refractivity contribution in [3.8, 4) is 11.3 Å². The van der Waals surface area contributed by atoms with Gasteiger partial charge < -0.3 is 15.0 Å². The van der Waals surface area contributed by atoms with Crippen molar-refractivity contribution in [1.82, 2.24) is 15.0 Å². The fourth-order valence-electron chi connectivity index (χ4n) is 3.47. The zero-order valence-corrected chi connectivity index (χ0v) is 15.3. The second-order valence-electron chi connectivity index (χ2n) is 7.25. The zero-order chi connectivity index (χ0) is 18.1. The van der Waals surface area contributed by atoms with Crippen molar-refractivity contribution in [1.29, 1.82) is 0 Å². The number of ether oxygens (including phenoxy) is 1. The van der Waals surface area contributed by atoms with Crippen molar-refractivity contribution in [3.05, 3.63) is 42.7 Å². The van der Waals surface area contributed by atoms with E-state index in [2.05, 4.69) is 44.5 Å². The molecule has 2 fully saturated rings. The summed E-state index contributed by atoms with van der Waals surface area (Å²) < 4.78 is 5.44. The van der Waals surface area contributed by atoms with Crippen molar-refractivity contribution >= 4 is 22.5 Å². The first-order valence-corrected chi connectivity index (χ1v) is 9.65. The highest BCUT2D eigenvalue weighted by molar-refractivity contribution is 5.88. The fourth-order valence-corrected chi connectivity index (χ4v) is 3.47. The number of rotatable bonds is 5. The van der Waals surface area contributed by atoms with Crippen molar-refractivity contribution in [2.24, 2.45) is 5.92 Å². The molecular formula is C21H23N5O. The molecule has 2 aromatic heterocycles. The van der Waals surface area contributed by atoms with Crippen LogP contribution >= 0.6 is 0 Å². The maximum atomic E-state index is 5.44. The van der Waals surface area contributed by atoms with Gasteiger partial charge in [0.05, 0.1) is 24.4 Å². The summed E-state index contributed by atoms with van der Waals surface area (Å²) in [5.41, 5.74) is 4.96. The third kappa shape index (κ3) is 3.57. The number of aromatic nitrogens is 3. The number of morpholine rings is 1. The molecule has 5 rings (SSSR count). The molecule has 1 aliphatic heterocycles. The molecular weight excluding hydrogens is 338 g/mol. The number of pyridine rings is 1. The van der Waals surface area contributed by atoms with E-state index in [0.717, 1.165) is 66.9 Å². The van der Waals surface area contributed by atoms with Crippen LogP contribution in [-0.4, -0.2) is 47.8 Å². The minimum atomic E-state index is 0.773. The summed E-state index contributed by atoms with van der Waals surface area (Å²) in [4.78, 5) is 16.2. The van der Waals surface area contributed by atoms with E-state index < -0.39 is 0 Å². The maximum absolute atomic E-state index is 5.44. The molecule has 1 saturated carbocycles. The Morgan fingerprint density at radius 2 is 1.81 bits per heavy atom. The minimum absolute atomic E-state index is 0.773. The number of hydrogen-bond donors (Lipinski definition) is 1. The van der Waals surface area contributed by atoms with E-state index >= 15 is 0 Å². The quantitative estimate of drug-likeness (QED) is 0.752. The summed E-state index contributed by atoms with van der Waals surface area (Å²) in [5.74, 6) is 1.61. The molecule has 0 amide bonds. The molecule has 3 heterocycles. The van der Waals surface area contributed by atoms with Crippen LogP contribution in [0.25, 0.3) is 22.3 Å². The third-order valence-corrected chi connectivity index (χ3v) is 5.25. The second-order valence-corrected chi connectivity index (χ2v) is 7.25. The van der Waals surface area contributed by atoms with Crippen molar-refractivity contribution in [2.75, 3.05) is 43.1 Å². The number of hydrogen-bond acceptors (Lipinski definition) is 6. The van der Waals surface area contributed by atoms with E-state index in [1.807, 2.05) is 6.07 Å². The lowest BCUT2D eigenvalue weighted by molar-refractivity contribution is 0.122. The van der Waals surface area contributed by atoms with Crippen LogP contribution in [-0.2, 0) is 4.74 Å². The molecule has 0 unspecified atom stereocenters. The number of nitrogens with one attached hydrogen (secondary N) is 1. The van der Waals surface area contributed by atoms with Crippen molar-refractivity contribution in [2.45, 2.75) is 12.8 Å². The molecule has 2 aliphatic rings. The highest BCUT2D eigenvalue weighted by atomic mass is 16.5. The SMILES string of the molecule is c1cnc2c(NCC3CC3)nc(-c3ccc(N4CCOCC4)cc3)cc2n1. The Kier molecular flexibility index (Phi) is 4.33. The highest BCUT2D eigenvalue weighted by Gasteiger charge is 2.21. The van der Waals surface area contributed by atoms with Gasteiger partial charge in [-0.15, -0.1) is 0 Å². The topological polar surface area (TPSA) is 63.2 Å². The monoisotopic (exact) mass is 361 g/mol. The highest BCUT2D eigenvalue weighted by Crippen LogP contribution is 2.31. The van der Waals surface area contributed by atoms with Crippen LogP contribution in [0.1, 0.15) is 12.8 Å². The first kappa shape index (κ1) is 16.4. The van der Waals surface area contributed by atoms with Gasteiger partial charge in [0, 0.05) is 43.3 Å². The van der Waals surface area contributed by atoms with Crippen LogP contribution in [0, 0.1) is 5.92 Å². The molecule has 0 spiro atoms. The van der Waals surface area contributed by atoms with Crippen LogP contribution in [0.4, 0.5) is 11.5 Å². The number of nitrogens with zero attached hydrogens (tertiary/aromatic N) is 4. The van der Waals surface area contributed by atoms with Crippen molar-refractivity contribution < 1.29 is 4.74 Å². The molecule has 6 nitrogen and oxygen atoms in total. The molecule has 1 N–H and O–H groups in total. The van der Waals surface area contributed by atoms with Crippen LogP contribution < -0.4 is 10.2 Å². The lowest BCUT2D eigenvalue weighted by Crippen LogP contribution is -2.36. The third-order valence-electron chi connectivity index (χ3n) is 5.25. The molecule has 1 aliphatic carbocycles. The molecule has 3 aromatic rings. The van der Waals surface area contributed by atoms with E-state index in [-0.39, 0.29) is 0 Å². The fraction of sp³-hybridized carbons (Fsp3) is 0.381. The van der Waals surface area contributed by atoms with Crippen LogP contribution in [0.15, 0.2) is 42.7 Å². The Morgan fingerprint density at radius 1 is 1.04 bits per heavy atom. The molecule has 0 bridgehead atoms. The lowest BCUT2D eigenvalue weighted by Gasteiger charge is -2.28. The summed E-state index contributed by atoms with van der Waals surface area (Å²) in [7, 11) is 0. The van der Waals surface area contributed by atoms with Crippen LogP contribution in [0.3, 0.4) is 0 Å². The van der Waals surface area contributed by atoms with E-state index in [0.29, 0.717) is 0 Å². The number of fused-ring (bicyclic) bond motifs is 1. The van der Waals surface area contributed by atoms with Gasteiger partial charge in [-0.25, -0.2) is 9.97 Å². The Morgan fingerprint density at radius 3 is 2.59 bits per heavy atom. The molecule has 1 aromatic carbocycles. The average molecular weight is 361 g/mol. The standard InChI is InChI=1S/C21H23N5O/c1-2-15(1)14-24-21-20-19(22-7-8-23-20)13-18(25-21)16-3-5-17(6-4-16)26-9-11-27-12-10-26/h3-8,13,15H,1-2,9-12,14H2,(H,24,25). The van der Waals surface area contributed by atoms with Gasteiger partial charge in [-0.2, -0.15) is 0 Å².